The second-order valence-corrected chi connectivity index (χ2v) is 5.85. The molecule has 0 bridgehead atoms. The molecular formula is C16H21N3O. The summed E-state index contributed by atoms with van der Waals surface area (Å²) in [5.41, 5.74) is 7.19. The van der Waals surface area contributed by atoms with Crippen molar-refractivity contribution < 1.29 is 4.52 Å². The van der Waals surface area contributed by atoms with Gasteiger partial charge >= 0.3 is 0 Å². The molecule has 0 saturated heterocycles. The monoisotopic (exact) mass is 271 g/mol. The van der Waals surface area contributed by atoms with Gasteiger partial charge in [-0.15, -0.1) is 0 Å². The Labute approximate surface area is 119 Å². The average Bonchev–Trinajstić information content (AvgIpc) is 2.97. The second kappa shape index (κ2) is 5.75. The third-order valence-corrected chi connectivity index (χ3v) is 4.18. The van der Waals surface area contributed by atoms with Gasteiger partial charge in [-0.05, 0) is 24.3 Å². The van der Waals surface area contributed by atoms with E-state index in [1.54, 1.807) is 0 Å². The molecule has 4 heteroatoms. The summed E-state index contributed by atoms with van der Waals surface area (Å²) in [5, 5.41) is 4.15. The molecule has 3 rings (SSSR count). The highest BCUT2D eigenvalue weighted by Gasteiger charge is 2.26. The molecule has 1 aromatic heterocycles. The molecular weight excluding hydrogens is 250 g/mol. The lowest BCUT2D eigenvalue weighted by Gasteiger charge is -2.23. The molecule has 4 nitrogen and oxygen atoms in total. The summed E-state index contributed by atoms with van der Waals surface area (Å²) in [7, 11) is 0. The molecule has 1 saturated carbocycles. The SMILES string of the molecule is CC1CCCC(c2noc([C@@H](N)c3ccccc3)n2)C1. The van der Waals surface area contributed by atoms with E-state index >= 15 is 0 Å². The third-order valence-electron chi connectivity index (χ3n) is 4.18. The maximum atomic E-state index is 6.19. The van der Waals surface area contributed by atoms with E-state index in [9.17, 15) is 0 Å². The molecule has 2 aromatic rings. The molecule has 2 N–H and O–H groups in total. The summed E-state index contributed by atoms with van der Waals surface area (Å²) in [6, 6.07) is 9.54. The summed E-state index contributed by atoms with van der Waals surface area (Å²) >= 11 is 0. The van der Waals surface area contributed by atoms with E-state index in [0.717, 1.165) is 30.1 Å². The Morgan fingerprint density at radius 3 is 2.80 bits per heavy atom. The Hall–Kier alpha value is -1.68. The van der Waals surface area contributed by atoms with Crippen LogP contribution in [0, 0.1) is 5.92 Å². The lowest BCUT2D eigenvalue weighted by Crippen LogP contribution is -2.14. The normalized spacial score (nSPS) is 24.5. The fourth-order valence-corrected chi connectivity index (χ4v) is 3.01. The Balaban J connectivity index is 1.76. The lowest BCUT2D eigenvalue weighted by molar-refractivity contribution is 0.318. The van der Waals surface area contributed by atoms with Crippen molar-refractivity contribution in [1.82, 2.24) is 10.1 Å². The Morgan fingerprint density at radius 1 is 1.25 bits per heavy atom. The minimum Gasteiger partial charge on any atom is -0.337 e. The van der Waals surface area contributed by atoms with Crippen LogP contribution < -0.4 is 5.73 Å². The van der Waals surface area contributed by atoms with E-state index < -0.39 is 0 Å². The minimum atomic E-state index is -0.335. The summed E-state index contributed by atoms with van der Waals surface area (Å²) in [5.74, 6) is 2.53. The Bertz CT molecular complexity index is 552. The molecule has 1 aliphatic carbocycles. The fourth-order valence-electron chi connectivity index (χ4n) is 3.01. The van der Waals surface area contributed by atoms with Crippen molar-refractivity contribution in [2.45, 2.75) is 44.6 Å². The standard InChI is InChI=1S/C16H21N3O/c1-11-6-5-9-13(10-11)15-18-16(20-19-15)14(17)12-7-3-2-4-8-12/h2-4,7-8,11,13-14H,5-6,9-10,17H2,1H3/t11?,13?,14-/m0/s1. The highest BCUT2D eigenvalue weighted by atomic mass is 16.5. The smallest absolute Gasteiger partial charge is 0.248 e. The number of nitrogens with two attached hydrogens (primary N) is 1. The lowest BCUT2D eigenvalue weighted by atomic mass is 9.82. The maximum absolute atomic E-state index is 6.19. The van der Waals surface area contributed by atoms with E-state index in [-0.39, 0.29) is 6.04 Å². The van der Waals surface area contributed by atoms with Crippen LogP contribution in [0.5, 0.6) is 0 Å². The van der Waals surface area contributed by atoms with Gasteiger partial charge in [0.15, 0.2) is 5.82 Å². The average molecular weight is 271 g/mol. The molecule has 1 fully saturated rings. The number of rotatable bonds is 3. The summed E-state index contributed by atoms with van der Waals surface area (Å²) in [6.45, 7) is 2.29. The first-order valence-electron chi connectivity index (χ1n) is 7.38. The molecule has 2 unspecified atom stereocenters. The van der Waals surface area contributed by atoms with Gasteiger partial charge in [-0.25, -0.2) is 0 Å². The first kappa shape index (κ1) is 13.3. The van der Waals surface area contributed by atoms with Crippen molar-refractivity contribution >= 4 is 0 Å². The van der Waals surface area contributed by atoms with Crippen molar-refractivity contribution in [1.29, 1.82) is 0 Å². The number of benzene rings is 1. The molecule has 106 valence electrons. The van der Waals surface area contributed by atoms with Crippen LogP contribution in [0.3, 0.4) is 0 Å². The molecule has 20 heavy (non-hydrogen) atoms. The van der Waals surface area contributed by atoms with E-state index in [1.807, 2.05) is 30.3 Å². The summed E-state index contributed by atoms with van der Waals surface area (Å²) in [6.07, 6.45) is 4.87. The number of aromatic nitrogens is 2. The molecule has 0 aliphatic heterocycles. The van der Waals surface area contributed by atoms with E-state index in [0.29, 0.717) is 11.8 Å². The van der Waals surface area contributed by atoms with Gasteiger partial charge in [-0.1, -0.05) is 55.3 Å². The van der Waals surface area contributed by atoms with Crippen molar-refractivity contribution in [3.63, 3.8) is 0 Å². The molecule has 1 heterocycles. The summed E-state index contributed by atoms with van der Waals surface area (Å²) in [4.78, 5) is 4.54. The highest BCUT2D eigenvalue weighted by Crippen LogP contribution is 2.34. The van der Waals surface area contributed by atoms with Crippen LogP contribution in [-0.2, 0) is 0 Å². The maximum Gasteiger partial charge on any atom is 0.248 e. The van der Waals surface area contributed by atoms with Gasteiger partial charge in [0.1, 0.15) is 6.04 Å². The van der Waals surface area contributed by atoms with Crippen LogP contribution in [0.15, 0.2) is 34.9 Å². The van der Waals surface area contributed by atoms with Gasteiger partial charge in [0.2, 0.25) is 5.89 Å². The second-order valence-electron chi connectivity index (χ2n) is 5.85. The van der Waals surface area contributed by atoms with Crippen LogP contribution in [-0.4, -0.2) is 10.1 Å². The van der Waals surface area contributed by atoms with Crippen molar-refractivity contribution in [2.75, 3.05) is 0 Å². The topological polar surface area (TPSA) is 64.9 Å². The molecule has 0 spiro atoms. The molecule has 0 amide bonds. The van der Waals surface area contributed by atoms with Gasteiger partial charge in [0.25, 0.3) is 0 Å². The van der Waals surface area contributed by atoms with E-state index in [2.05, 4.69) is 17.1 Å². The van der Waals surface area contributed by atoms with Crippen LogP contribution >= 0.6 is 0 Å². The van der Waals surface area contributed by atoms with Crippen LogP contribution in [0.1, 0.15) is 61.8 Å². The van der Waals surface area contributed by atoms with E-state index in [4.69, 9.17) is 10.3 Å². The van der Waals surface area contributed by atoms with Gasteiger partial charge in [-0.2, -0.15) is 4.98 Å². The number of hydrogen-bond donors (Lipinski definition) is 1. The first-order chi connectivity index (χ1) is 9.74. The van der Waals surface area contributed by atoms with Gasteiger partial charge in [-0.3, -0.25) is 0 Å². The Morgan fingerprint density at radius 2 is 2.05 bits per heavy atom. The van der Waals surface area contributed by atoms with E-state index in [1.165, 1.54) is 12.8 Å². The predicted octanol–water partition coefficient (Wildman–Crippen LogP) is 3.41. The minimum absolute atomic E-state index is 0.335. The molecule has 1 aromatic carbocycles. The predicted molar refractivity (Wildman–Crippen MR) is 77.1 cm³/mol. The van der Waals surface area contributed by atoms with Gasteiger partial charge in [0, 0.05) is 5.92 Å². The van der Waals surface area contributed by atoms with Gasteiger partial charge < -0.3 is 10.3 Å². The summed E-state index contributed by atoms with van der Waals surface area (Å²) < 4.78 is 5.38. The molecule has 0 radical (unpaired) electrons. The van der Waals surface area contributed by atoms with Gasteiger partial charge in [0.05, 0.1) is 0 Å². The van der Waals surface area contributed by atoms with Crippen molar-refractivity contribution in [2.24, 2.45) is 11.7 Å². The highest BCUT2D eigenvalue weighted by molar-refractivity contribution is 5.23. The number of hydrogen-bond acceptors (Lipinski definition) is 4. The van der Waals surface area contributed by atoms with Crippen molar-refractivity contribution in [3.8, 4) is 0 Å². The first-order valence-corrected chi connectivity index (χ1v) is 7.38. The van der Waals surface area contributed by atoms with Crippen molar-refractivity contribution in [3.05, 3.63) is 47.6 Å². The van der Waals surface area contributed by atoms with Crippen LogP contribution in [0.25, 0.3) is 0 Å². The largest absolute Gasteiger partial charge is 0.337 e. The zero-order valence-corrected chi connectivity index (χ0v) is 11.8. The third kappa shape index (κ3) is 2.75. The van der Waals surface area contributed by atoms with Crippen LogP contribution in [0.4, 0.5) is 0 Å². The number of nitrogens with zero attached hydrogens (tertiary/aromatic N) is 2. The zero-order valence-electron chi connectivity index (χ0n) is 11.8. The molecule has 1 aliphatic rings. The quantitative estimate of drug-likeness (QED) is 0.929. The Kier molecular flexibility index (Phi) is 3.83. The fraction of sp³-hybridized carbons (Fsp3) is 0.500. The zero-order chi connectivity index (χ0) is 13.9. The van der Waals surface area contributed by atoms with Crippen LogP contribution in [0.2, 0.25) is 0 Å². The molecule has 3 atom stereocenters.